The van der Waals surface area contributed by atoms with E-state index >= 15 is 0 Å². The fraction of sp³-hybridized carbons (Fsp3) is 0.0968. The lowest BCUT2D eigenvalue weighted by atomic mass is 9.94. The number of hydrogen-bond donors (Lipinski definition) is 0. The van der Waals surface area contributed by atoms with Gasteiger partial charge in [0.2, 0.25) is 0 Å². The predicted molar refractivity (Wildman–Crippen MR) is 139 cm³/mol. The average Bonchev–Trinajstić information content (AvgIpc) is 3.20. The molecule has 1 aromatic heterocycles. The molecular formula is C31H26O. The lowest BCUT2D eigenvalue weighted by Crippen LogP contribution is -1.85. The summed E-state index contributed by atoms with van der Waals surface area (Å²) in [4.78, 5) is 0. The van der Waals surface area contributed by atoms with Gasteiger partial charge in [0.05, 0.1) is 0 Å². The Balaban J connectivity index is 1.55. The Morgan fingerprint density at radius 1 is 0.781 bits per heavy atom. The van der Waals surface area contributed by atoms with Crippen molar-refractivity contribution >= 4 is 33.9 Å². The van der Waals surface area contributed by atoms with E-state index in [-0.39, 0.29) is 0 Å². The molecule has 1 heterocycles. The Bertz CT molecular complexity index is 1460. The van der Waals surface area contributed by atoms with Crippen LogP contribution in [0, 0.1) is 6.92 Å². The SMILES string of the molecule is C=Cc1c(/C=C\CC)oc2ccc(-c3ccc(-c4ccc(C)c5ccccc45)cc3)cc12. The quantitative estimate of drug-likeness (QED) is 0.279. The van der Waals surface area contributed by atoms with Gasteiger partial charge in [-0.2, -0.15) is 0 Å². The van der Waals surface area contributed by atoms with Crippen LogP contribution in [0.1, 0.15) is 30.2 Å². The first kappa shape index (κ1) is 20.1. The summed E-state index contributed by atoms with van der Waals surface area (Å²) < 4.78 is 6.05. The van der Waals surface area contributed by atoms with Gasteiger partial charge >= 0.3 is 0 Å². The summed E-state index contributed by atoms with van der Waals surface area (Å²) in [5.41, 5.74) is 8.11. The first-order valence-corrected chi connectivity index (χ1v) is 11.1. The van der Waals surface area contributed by atoms with E-state index < -0.39 is 0 Å². The maximum Gasteiger partial charge on any atom is 0.135 e. The fourth-order valence-corrected chi connectivity index (χ4v) is 4.42. The minimum absolute atomic E-state index is 0.871. The van der Waals surface area contributed by atoms with E-state index in [1.54, 1.807) is 0 Å². The van der Waals surface area contributed by atoms with Gasteiger partial charge in [-0.25, -0.2) is 0 Å². The van der Waals surface area contributed by atoms with E-state index in [1.165, 1.54) is 38.6 Å². The lowest BCUT2D eigenvalue weighted by Gasteiger charge is -2.10. The van der Waals surface area contributed by atoms with E-state index in [0.717, 1.165) is 28.7 Å². The number of aryl methyl sites for hydroxylation is 1. The first-order chi connectivity index (χ1) is 15.7. The van der Waals surface area contributed by atoms with Gasteiger partial charge in [0.15, 0.2) is 0 Å². The molecule has 0 aliphatic heterocycles. The van der Waals surface area contributed by atoms with Gasteiger partial charge < -0.3 is 4.42 Å². The van der Waals surface area contributed by atoms with Crippen LogP contribution in [0.5, 0.6) is 0 Å². The summed E-state index contributed by atoms with van der Waals surface area (Å²) in [7, 11) is 0. The van der Waals surface area contributed by atoms with E-state index in [0.29, 0.717) is 0 Å². The minimum atomic E-state index is 0.871. The molecule has 156 valence electrons. The molecule has 0 saturated heterocycles. The standard InChI is InChI=1S/C31H26O/c1-4-6-11-30-25(5-2)29-20-24(17-19-31(29)32-30)22-13-15-23(16-14-22)27-18-12-21(3)26-9-7-8-10-28(26)27/h5-20H,2,4H2,1,3H3/b11-6-. The Kier molecular flexibility index (Phi) is 5.25. The molecule has 32 heavy (non-hydrogen) atoms. The van der Waals surface area contributed by atoms with Gasteiger partial charge in [-0.3, -0.25) is 0 Å². The van der Waals surface area contributed by atoms with Crippen molar-refractivity contribution in [3.8, 4) is 22.3 Å². The molecule has 0 atom stereocenters. The van der Waals surface area contributed by atoms with Gasteiger partial charge in [-0.15, -0.1) is 0 Å². The van der Waals surface area contributed by atoms with Crippen LogP contribution in [-0.2, 0) is 0 Å². The molecule has 0 fully saturated rings. The van der Waals surface area contributed by atoms with Crippen molar-refractivity contribution in [2.75, 3.05) is 0 Å². The maximum absolute atomic E-state index is 6.05. The lowest BCUT2D eigenvalue weighted by molar-refractivity contribution is 0.603. The normalized spacial score (nSPS) is 11.6. The van der Waals surface area contributed by atoms with Crippen LogP contribution in [0.2, 0.25) is 0 Å². The topological polar surface area (TPSA) is 13.1 Å². The molecule has 0 unspecified atom stereocenters. The van der Waals surface area contributed by atoms with E-state index in [1.807, 2.05) is 12.2 Å². The maximum atomic E-state index is 6.05. The molecule has 5 rings (SSSR count). The monoisotopic (exact) mass is 414 g/mol. The van der Waals surface area contributed by atoms with Gasteiger partial charge in [0.1, 0.15) is 11.3 Å². The molecule has 0 amide bonds. The summed E-state index contributed by atoms with van der Waals surface area (Å²) >= 11 is 0. The Morgan fingerprint density at radius 3 is 2.25 bits per heavy atom. The highest BCUT2D eigenvalue weighted by atomic mass is 16.3. The molecule has 0 bridgehead atoms. The second-order valence-corrected chi connectivity index (χ2v) is 8.16. The average molecular weight is 415 g/mol. The molecule has 0 aliphatic rings. The molecular weight excluding hydrogens is 388 g/mol. The smallest absolute Gasteiger partial charge is 0.135 e. The van der Waals surface area contributed by atoms with Crippen LogP contribution >= 0.6 is 0 Å². The number of benzene rings is 4. The van der Waals surface area contributed by atoms with Crippen molar-refractivity contribution in [3.05, 3.63) is 108 Å². The number of rotatable bonds is 5. The van der Waals surface area contributed by atoms with Crippen LogP contribution in [0.15, 0.2) is 95.9 Å². The molecule has 1 nitrogen and oxygen atoms in total. The van der Waals surface area contributed by atoms with Crippen LogP contribution in [0.4, 0.5) is 0 Å². The number of hydrogen-bond acceptors (Lipinski definition) is 1. The highest BCUT2D eigenvalue weighted by molar-refractivity contribution is 5.99. The van der Waals surface area contributed by atoms with Crippen molar-refractivity contribution in [3.63, 3.8) is 0 Å². The van der Waals surface area contributed by atoms with E-state index in [2.05, 4.69) is 105 Å². The van der Waals surface area contributed by atoms with Gasteiger partial charge in [-0.1, -0.05) is 92.4 Å². The van der Waals surface area contributed by atoms with E-state index in [9.17, 15) is 0 Å². The predicted octanol–water partition coefficient (Wildman–Crippen LogP) is 9.29. The molecule has 5 aromatic rings. The molecule has 0 saturated carbocycles. The van der Waals surface area contributed by atoms with Crippen LogP contribution in [-0.4, -0.2) is 0 Å². The molecule has 4 aromatic carbocycles. The second-order valence-electron chi connectivity index (χ2n) is 8.16. The Labute approximate surface area is 189 Å². The zero-order valence-electron chi connectivity index (χ0n) is 18.6. The van der Waals surface area contributed by atoms with Crippen LogP contribution < -0.4 is 0 Å². The molecule has 0 N–H and O–H groups in total. The Morgan fingerprint density at radius 2 is 1.50 bits per heavy atom. The first-order valence-electron chi connectivity index (χ1n) is 11.1. The zero-order valence-corrected chi connectivity index (χ0v) is 18.6. The highest BCUT2D eigenvalue weighted by Crippen LogP contribution is 2.34. The van der Waals surface area contributed by atoms with E-state index in [4.69, 9.17) is 4.42 Å². The fourth-order valence-electron chi connectivity index (χ4n) is 4.42. The van der Waals surface area contributed by atoms with Gasteiger partial charge in [0, 0.05) is 10.9 Å². The van der Waals surface area contributed by atoms with Crippen molar-refractivity contribution in [1.29, 1.82) is 0 Å². The summed E-state index contributed by atoms with van der Waals surface area (Å²) in [5, 5.41) is 3.70. The van der Waals surface area contributed by atoms with Gasteiger partial charge in [0.25, 0.3) is 0 Å². The van der Waals surface area contributed by atoms with Gasteiger partial charge in [-0.05, 0) is 70.1 Å². The van der Waals surface area contributed by atoms with Crippen LogP contribution in [0.25, 0.3) is 56.1 Å². The molecule has 0 radical (unpaired) electrons. The van der Waals surface area contributed by atoms with Crippen molar-refractivity contribution in [2.24, 2.45) is 0 Å². The third-order valence-corrected chi connectivity index (χ3v) is 6.14. The largest absolute Gasteiger partial charge is 0.456 e. The summed E-state index contributed by atoms with van der Waals surface area (Å²) in [6.45, 7) is 8.29. The summed E-state index contributed by atoms with van der Waals surface area (Å²) in [6, 6.07) is 28.3. The highest BCUT2D eigenvalue weighted by Gasteiger charge is 2.11. The summed E-state index contributed by atoms with van der Waals surface area (Å²) in [5.74, 6) is 0.871. The number of furan rings is 1. The molecule has 1 heteroatoms. The third kappa shape index (κ3) is 3.46. The summed E-state index contributed by atoms with van der Waals surface area (Å²) in [6.07, 6.45) is 7.01. The molecule has 0 aliphatic carbocycles. The third-order valence-electron chi connectivity index (χ3n) is 6.14. The van der Waals surface area contributed by atoms with Crippen molar-refractivity contribution in [1.82, 2.24) is 0 Å². The van der Waals surface area contributed by atoms with Crippen LogP contribution in [0.3, 0.4) is 0 Å². The number of allylic oxidation sites excluding steroid dienone is 1. The second kappa shape index (κ2) is 8.36. The Hall–Kier alpha value is -3.84. The zero-order chi connectivity index (χ0) is 22.1. The number of fused-ring (bicyclic) bond motifs is 2. The van der Waals surface area contributed by atoms with Crippen molar-refractivity contribution < 1.29 is 4.42 Å². The molecule has 0 spiro atoms. The minimum Gasteiger partial charge on any atom is -0.456 e. The van der Waals surface area contributed by atoms with Crippen molar-refractivity contribution in [2.45, 2.75) is 20.3 Å².